The standard InChI is InChI=1S/C32H34N4O4/c1-21-5-3-6-26(27-7-4-8-28(34-27)31-33-18-29(32(37)38)35(31)2)30(21)40-20-22-9-10-24-19-36(14-11-23(24)17-22)25-12-15-39-16-13-25/h3-10,17-18,25H,11-16,19-20H2,1-2H3,(H,37,38). The van der Waals surface area contributed by atoms with Crippen molar-refractivity contribution < 1.29 is 19.4 Å². The van der Waals surface area contributed by atoms with Crippen molar-refractivity contribution in [2.24, 2.45) is 7.05 Å². The van der Waals surface area contributed by atoms with Crippen molar-refractivity contribution in [3.63, 3.8) is 0 Å². The molecule has 0 bridgehead atoms. The first-order chi connectivity index (χ1) is 19.5. The lowest BCUT2D eigenvalue weighted by Gasteiger charge is -2.37. The number of imidazole rings is 1. The molecule has 1 N–H and O–H groups in total. The summed E-state index contributed by atoms with van der Waals surface area (Å²) in [7, 11) is 1.68. The number of carbonyl (C=O) groups is 1. The SMILES string of the molecule is Cc1cccc(-c2cccc(-c3ncc(C(=O)O)n3C)n2)c1OCc1ccc2c(c1)CCN(C1CCOCC1)C2. The third kappa shape index (κ3) is 5.24. The van der Waals surface area contributed by atoms with Crippen LogP contribution in [0.2, 0.25) is 0 Å². The number of pyridine rings is 1. The number of aromatic nitrogens is 3. The van der Waals surface area contributed by atoms with Gasteiger partial charge in [0.15, 0.2) is 5.82 Å². The largest absolute Gasteiger partial charge is 0.488 e. The number of ether oxygens (including phenoxy) is 2. The van der Waals surface area contributed by atoms with E-state index in [2.05, 4.69) is 28.1 Å². The van der Waals surface area contributed by atoms with Crippen molar-refractivity contribution in [2.75, 3.05) is 19.8 Å². The van der Waals surface area contributed by atoms with Crippen molar-refractivity contribution in [3.05, 3.63) is 88.7 Å². The summed E-state index contributed by atoms with van der Waals surface area (Å²) >= 11 is 0. The zero-order valence-corrected chi connectivity index (χ0v) is 23.0. The Bertz CT molecular complexity index is 1540. The van der Waals surface area contributed by atoms with Gasteiger partial charge in [-0.15, -0.1) is 0 Å². The molecule has 2 aromatic heterocycles. The van der Waals surface area contributed by atoms with Gasteiger partial charge in [0.1, 0.15) is 23.7 Å². The number of para-hydroxylation sites is 1. The number of fused-ring (bicyclic) bond motifs is 1. The molecule has 2 aliphatic heterocycles. The van der Waals surface area contributed by atoms with E-state index in [4.69, 9.17) is 14.5 Å². The molecule has 4 heterocycles. The minimum atomic E-state index is -1.02. The molecule has 40 heavy (non-hydrogen) atoms. The number of benzene rings is 2. The molecule has 1 fully saturated rings. The van der Waals surface area contributed by atoms with Crippen LogP contribution < -0.4 is 4.74 Å². The quantitative estimate of drug-likeness (QED) is 0.343. The van der Waals surface area contributed by atoms with Crippen LogP contribution in [0.1, 0.15) is 45.6 Å². The molecule has 1 saturated heterocycles. The highest BCUT2D eigenvalue weighted by atomic mass is 16.5. The maximum absolute atomic E-state index is 11.5. The second-order valence-corrected chi connectivity index (χ2v) is 10.6. The summed E-state index contributed by atoms with van der Waals surface area (Å²) in [5, 5.41) is 9.41. The van der Waals surface area contributed by atoms with Crippen molar-refractivity contribution in [3.8, 4) is 28.5 Å². The van der Waals surface area contributed by atoms with Gasteiger partial charge in [-0.2, -0.15) is 0 Å². The minimum Gasteiger partial charge on any atom is -0.488 e. The molecule has 206 valence electrons. The Labute approximate surface area is 234 Å². The number of aryl methyl sites for hydroxylation is 1. The van der Waals surface area contributed by atoms with Gasteiger partial charge in [-0.25, -0.2) is 14.8 Å². The van der Waals surface area contributed by atoms with E-state index < -0.39 is 5.97 Å². The highest BCUT2D eigenvalue weighted by Gasteiger charge is 2.25. The van der Waals surface area contributed by atoms with E-state index in [1.165, 1.54) is 17.3 Å². The Morgan fingerprint density at radius 3 is 2.67 bits per heavy atom. The molecular weight excluding hydrogens is 504 g/mol. The number of rotatable bonds is 7. The van der Waals surface area contributed by atoms with Gasteiger partial charge in [0.05, 0.1) is 11.9 Å². The highest BCUT2D eigenvalue weighted by molar-refractivity contribution is 5.86. The minimum absolute atomic E-state index is 0.114. The fraction of sp³-hybridized carbons (Fsp3) is 0.344. The molecule has 4 aromatic rings. The monoisotopic (exact) mass is 538 g/mol. The average molecular weight is 539 g/mol. The van der Waals surface area contributed by atoms with Crippen LogP contribution in [0, 0.1) is 6.92 Å². The predicted molar refractivity (Wildman–Crippen MR) is 152 cm³/mol. The van der Waals surface area contributed by atoms with Gasteiger partial charge < -0.3 is 19.1 Å². The summed E-state index contributed by atoms with van der Waals surface area (Å²) in [5.41, 5.74) is 7.36. The Kier molecular flexibility index (Phi) is 7.36. The number of hydrogen-bond donors (Lipinski definition) is 1. The van der Waals surface area contributed by atoms with E-state index in [1.807, 2.05) is 43.3 Å². The number of carboxylic acid groups (broad SMARTS) is 1. The summed E-state index contributed by atoms with van der Waals surface area (Å²) < 4.78 is 13.6. The lowest BCUT2D eigenvalue weighted by molar-refractivity contribution is 0.0290. The number of hydrogen-bond acceptors (Lipinski definition) is 6. The molecule has 0 atom stereocenters. The molecule has 0 radical (unpaired) electrons. The fourth-order valence-electron chi connectivity index (χ4n) is 5.84. The Hall–Kier alpha value is -4.01. The summed E-state index contributed by atoms with van der Waals surface area (Å²) in [6.07, 6.45) is 4.67. The van der Waals surface area contributed by atoms with E-state index in [-0.39, 0.29) is 5.69 Å². The van der Waals surface area contributed by atoms with Crippen LogP contribution in [0.15, 0.2) is 60.8 Å². The van der Waals surface area contributed by atoms with E-state index in [0.717, 1.165) is 73.7 Å². The molecule has 2 aromatic carbocycles. The smallest absolute Gasteiger partial charge is 0.354 e. The van der Waals surface area contributed by atoms with Crippen molar-refractivity contribution >= 4 is 5.97 Å². The summed E-state index contributed by atoms with van der Waals surface area (Å²) in [4.78, 5) is 23.2. The maximum Gasteiger partial charge on any atom is 0.354 e. The van der Waals surface area contributed by atoms with Crippen LogP contribution in [0.25, 0.3) is 22.8 Å². The van der Waals surface area contributed by atoms with Crippen LogP contribution >= 0.6 is 0 Å². The van der Waals surface area contributed by atoms with E-state index in [1.54, 1.807) is 11.6 Å². The average Bonchev–Trinajstić information content (AvgIpc) is 3.38. The molecule has 0 spiro atoms. The lowest BCUT2D eigenvalue weighted by atomic mass is 9.95. The molecule has 8 nitrogen and oxygen atoms in total. The molecule has 0 unspecified atom stereocenters. The Morgan fingerprint density at radius 1 is 1.07 bits per heavy atom. The zero-order valence-electron chi connectivity index (χ0n) is 23.0. The number of aromatic carboxylic acids is 1. The number of carboxylic acids is 1. The Morgan fingerprint density at radius 2 is 1.88 bits per heavy atom. The first kappa shape index (κ1) is 26.2. The van der Waals surface area contributed by atoms with Gasteiger partial charge in [-0.05, 0) is 66.6 Å². The molecule has 0 amide bonds. The third-order valence-electron chi connectivity index (χ3n) is 8.08. The molecular formula is C32H34N4O4. The first-order valence-corrected chi connectivity index (χ1v) is 13.9. The van der Waals surface area contributed by atoms with Crippen LogP contribution in [0.4, 0.5) is 0 Å². The molecule has 0 aliphatic carbocycles. The lowest BCUT2D eigenvalue weighted by Crippen LogP contribution is -2.42. The van der Waals surface area contributed by atoms with Gasteiger partial charge in [0, 0.05) is 45.0 Å². The van der Waals surface area contributed by atoms with Crippen molar-refractivity contribution in [2.45, 2.75) is 45.4 Å². The fourth-order valence-corrected chi connectivity index (χ4v) is 5.84. The summed E-state index contributed by atoms with van der Waals surface area (Å²) in [6, 6.07) is 19.1. The predicted octanol–water partition coefficient (Wildman–Crippen LogP) is 5.27. The molecule has 0 saturated carbocycles. The Balaban J connectivity index is 1.21. The highest BCUT2D eigenvalue weighted by Crippen LogP contribution is 2.34. The third-order valence-corrected chi connectivity index (χ3v) is 8.08. The summed E-state index contributed by atoms with van der Waals surface area (Å²) in [5.74, 6) is 0.269. The van der Waals surface area contributed by atoms with Gasteiger partial charge in [0.2, 0.25) is 0 Å². The van der Waals surface area contributed by atoms with Crippen LogP contribution in [0.5, 0.6) is 5.75 Å². The van der Waals surface area contributed by atoms with E-state index in [0.29, 0.717) is 24.2 Å². The molecule has 8 heteroatoms. The molecule has 2 aliphatic rings. The normalized spacial score (nSPS) is 16.1. The van der Waals surface area contributed by atoms with Crippen molar-refractivity contribution in [1.29, 1.82) is 0 Å². The van der Waals surface area contributed by atoms with E-state index in [9.17, 15) is 9.90 Å². The van der Waals surface area contributed by atoms with Gasteiger partial charge in [-0.1, -0.05) is 36.4 Å². The zero-order chi connectivity index (χ0) is 27.6. The van der Waals surface area contributed by atoms with Crippen LogP contribution in [-0.4, -0.2) is 56.3 Å². The van der Waals surface area contributed by atoms with Crippen LogP contribution in [-0.2, 0) is 31.4 Å². The van der Waals surface area contributed by atoms with E-state index >= 15 is 0 Å². The van der Waals surface area contributed by atoms with Crippen LogP contribution in [0.3, 0.4) is 0 Å². The van der Waals surface area contributed by atoms with Gasteiger partial charge in [0.25, 0.3) is 0 Å². The van der Waals surface area contributed by atoms with Gasteiger partial charge >= 0.3 is 5.97 Å². The first-order valence-electron chi connectivity index (χ1n) is 13.9. The topological polar surface area (TPSA) is 89.7 Å². The summed E-state index contributed by atoms with van der Waals surface area (Å²) in [6.45, 7) is 6.36. The van der Waals surface area contributed by atoms with Crippen molar-refractivity contribution in [1.82, 2.24) is 19.4 Å². The second kappa shape index (κ2) is 11.2. The second-order valence-electron chi connectivity index (χ2n) is 10.6. The molecule has 6 rings (SSSR count). The number of nitrogens with zero attached hydrogens (tertiary/aromatic N) is 4. The van der Waals surface area contributed by atoms with Gasteiger partial charge in [-0.3, -0.25) is 4.90 Å². The maximum atomic E-state index is 11.5.